The molecule has 0 aromatic heterocycles. The van der Waals surface area contributed by atoms with Crippen LogP contribution in [0.5, 0.6) is 0 Å². The lowest BCUT2D eigenvalue weighted by Gasteiger charge is -2.24. The highest BCUT2D eigenvalue weighted by Crippen LogP contribution is 2.16. The van der Waals surface area contributed by atoms with Gasteiger partial charge in [0.05, 0.1) is 25.2 Å². The van der Waals surface area contributed by atoms with Crippen molar-refractivity contribution in [3.05, 3.63) is 60.8 Å². The number of hydrogen-bond donors (Lipinski definition) is 3. The molecule has 324 valence electrons. The Kier molecular flexibility index (Phi) is 41.8. The van der Waals surface area contributed by atoms with E-state index in [0.717, 1.165) is 83.5 Å². The van der Waals surface area contributed by atoms with E-state index in [-0.39, 0.29) is 24.9 Å². The van der Waals surface area contributed by atoms with Gasteiger partial charge in [-0.05, 0) is 64.2 Å². The van der Waals surface area contributed by atoms with Crippen LogP contribution in [-0.4, -0.2) is 46.9 Å². The minimum Gasteiger partial charge on any atom is -0.462 e. The summed E-state index contributed by atoms with van der Waals surface area (Å²) in [5.74, 6) is -0.533. The molecule has 0 saturated heterocycles. The lowest BCUT2D eigenvalue weighted by atomic mass is 10.0. The van der Waals surface area contributed by atoms with Gasteiger partial charge in [-0.2, -0.15) is 0 Å². The Morgan fingerprint density at radius 2 is 1.00 bits per heavy atom. The lowest BCUT2D eigenvalue weighted by molar-refractivity contribution is -0.151. The van der Waals surface area contributed by atoms with E-state index in [1.165, 1.54) is 89.9 Å². The number of esters is 1. The van der Waals surface area contributed by atoms with Gasteiger partial charge in [0.15, 0.2) is 0 Å². The van der Waals surface area contributed by atoms with Crippen LogP contribution in [0.1, 0.15) is 220 Å². The molecule has 3 unspecified atom stereocenters. The second-order valence-electron chi connectivity index (χ2n) is 15.9. The van der Waals surface area contributed by atoms with E-state index in [4.69, 9.17) is 4.74 Å². The maximum absolute atomic E-state index is 13.1. The van der Waals surface area contributed by atoms with Crippen molar-refractivity contribution in [3.63, 3.8) is 0 Å². The van der Waals surface area contributed by atoms with E-state index in [1.54, 1.807) is 0 Å². The van der Waals surface area contributed by atoms with Gasteiger partial charge in [-0.3, -0.25) is 9.59 Å². The van der Waals surface area contributed by atoms with E-state index in [0.29, 0.717) is 19.3 Å². The summed E-state index contributed by atoms with van der Waals surface area (Å²) >= 11 is 0. The zero-order valence-corrected chi connectivity index (χ0v) is 36.8. The molecular formula is C50H89NO5. The van der Waals surface area contributed by atoms with E-state index >= 15 is 0 Å². The maximum Gasteiger partial charge on any atom is 0.306 e. The van der Waals surface area contributed by atoms with Gasteiger partial charge in [0, 0.05) is 6.42 Å². The molecule has 6 nitrogen and oxygen atoms in total. The number of aliphatic hydroxyl groups excluding tert-OH is 2. The molecule has 0 aliphatic carbocycles. The third-order valence-corrected chi connectivity index (χ3v) is 10.4. The number of unbranched alkanes of at least 4 members (excludes halogenated alkanes) is 22. The lowest BCUT2D eigenvalue weighted by Crippen LogP contribution is -2.46. The molecule has 0 radical (unpaired) electrons. The summed E-state index contributed by atoms with van der Waals surface area (Å²) in [6, 6.07) is -0.714. The second kappa shape index (κ2) is 43.7. The fourth-order valence-corrected chi connectivity index (χ4v) is 6.85. The second-order valence-corrected chi connectivity index (χ2v) is 15.9. The minimum absolute atomic E-state index is 0.0455. The third kappa shape index (κ3) is 38.4. The predicted molar refractivity (Wildman–Crippen MR) is 241 cm³/mol. The molecule has 0 saturated carbocycles. The Labute approximate surface area is 346 Å². The largest absolute Gasteiger partial charge is 0.462 e. The normalized spacial score (nSPS) is 13.9. The van der Waals surface area contributed by atoms with Crippen LogP contribution in [0.15, 0.2) is 60.8 Å². The highest BCUT2D eigenvalue weighted by Gasteiger charge is 2.24. The van der Waals surface area contributed by atoms with Gasteiger partial charge in [-0.25, -0.2) is 0 Å². The first kappa shape index (κ1) is 53.6. The number of amides is 1. The van der Waals surface area contributed by atoms with Crippen molar-refractivity contribution in [1.29, 1.82) is 0 Å². The van der Waals surface area contributed by atoms with Crippen LogP contribution in [0, 0.1) is 0 Å². The molecule has 0 spiro atoms. The average molecular weight is 784 g/mol. The SMILES string of the molecule is CC/C=C/C=C/C=C/C=C\CCCCCCCC(=O)OC(CCC/C=C\CCCCCCCCC)CC(=O)NC(CO)C(O)CCCCCCCCCCCC. The number of carbonyl (C=O) groups excluding carboxylic acids is 2. The molecule has 0 rings (SSSR count). The van der Waals surface area contributed by atoms with E-state index in [2.05, 4.69) is 68.6 Å². The molecule has 0 aliphatic heterocycles. The predicted octanol–water partition coefficient (Wildman–Crippen LogP) is 13.7. The summed E-state index contributed by atoms with van der Waals surface area (Å²) in [6.45, 7) is 6.30. The first-order valence-electron chi connectivity index (χ1n) is 23.6. The smallest absolute Gasteiger partial charge is 0.306 e. The van der Waals surface area contributed by atoms with E-state index in [9.17, 15) is 19.8 Å². The van der Waals surface area contributed by atoms with Crippen molar-refractivity contribution in [2.24, 2.45) is 0 Å². The number of rotatable bonds is 41. The molecule has 6 heteroatoms. The number of allylic oxidation sites excluding steroid dienone is 10. The Morgan fingerprint density at radius 1 is 0.536 bits per heavy atom. The van der Waals surface area contributed by atoms with Gasteiger partial charge in [0.25, 0.3) is 0 Å². The standard InChI is InChI=1S/C50H89NO5/c1-4-7-10-13-16-19-22-24-25-26-28-31-34-37-40-43-50(55)56-46(41-38-35-32-29-27-23-20-17-14-11-8-5-2)44-49(54)51-47(45-52)48(53)42-39-36-33-30-21-18-15-12-9-6-3/h7,10,13,16,19,22,24-25,29,32,46-48,52-53H,4-6,8-9,11-12,14-15,17-18,20-21,23,26-28,30-31,33-45H2,1-3H3,(H,51,54)/b10-7+,16-13+,22-19+,25-24-,32-29-. The van der Waals surface area contributed by atoms with Gasteiger partial charge < -0.3 is 20.3 Å². The minimum atomic E-state index is -0.797. The zero-order valence-electron chi connectivity index (χ0n) is 36.8. The average Bonchev–Trinajstić information content (AvgIpc) is 3.19. The van der Waals surface area contributed by atoms with Crippen LogP contribution in [0.2, 0.25) is 0 Å². The quantitative estimate of drug-likeness (QED) is 0.0248. The summed E-state index contributed by atoms with van der Waals surface area (Å²) in [7, 11) is 0. The van der Waals surface area contributed by atoms with Crippen LogP contribution in [0.4, 0.5) is 0 Å². The molecule has 1 amide bonds. The molecule has 0 aromatic carbocycles. The number of hydrogen-bond acceptors (Lipinski definition) is 5. The monoisotopic (exact) mass is 784 g/mol. The topological polar surface area (TPSA) is 95.9 Å². The Hall–Kier alpha value is -2.44. The van der Waals surface area contributed by atoms with Gasteiger partial charge in [-0.1, -0.05) is 204 Å². The van der Waals surface area contributed by atoms with E-state index < -0.39 is 18.2 Å². The highest BCUT2D eigenvalue weighted by molar-refractivity contribution is 5.77. The summed E-state index contributed by atoms with van der Waals surface area (Å²) in [5.41, 5.74) is 0. The van der Waals surface area contributed by atoms with Gasteiger partial charge >= 0.3 is 5.97 Å². The summed E-state index contributed by atoms with van der Waals surface area (Å²) < 4.78 is 5.88. The molecule has 3 atom stereocenters. The van der Waals surface area contributed by atoms with Crippen molar-refractivity contribution >= 4 is 11.9 Å². The summed E-state index contributed by atoms with van der Waals surface area (Å²) in [4.78, 5) is 26.0. The molecule has 56 heavy (non-hydrogen) atoms. The van der Waals surface area contributed by atoms with Crippen molar-refractivity contribution in [1.82, 2.24) is 5.32 Å². The third-order valence-electron chi connectivity index (χ3n) is 10.4. The zero-order chi connectivity index (χ0) is 41.0. The summed E-state index contributed by atoms with van der Waals surface area (Å²) in [6.07, 6.45) is 52.8. The molecule has 0 fully saturated rings. The number of carbonyl (C=O) groups is 2. The van der Waals surface area contributed by atoms with Crippen molar-refractivity contribution in [2.75, 3.05) is 6.61 Å². The summed E-state index contributed by atoms with van der Waals surface area (Å²) in [5, 5.41) is 23.6. The Balaban J connectivity index is 4.67. The first-order chi connectivity index (χ1) is 27.5. The van der Waals surface area contributed by atoms with Crippen LogP contribution in [0.3, 0.4) is 0 Å². The fraction of sp³-hybridized carbons (Fsp3) is 0.760. The fourth-order valence-electron chi connectivity index (χ4n) is 6.85. The molecule has 0 heterocycles. The van der Waals surface area contributed by atoms with E-state index in [1.807, 2.05) is 18.2 Å². The van der Waals surface area contributed by atoms with Crippen LogP contribution < -0.4 is 5.32 Å². The Bertz CT molecular complexity index is 1010. The van der Waals surface area contributed by atoms with Gasteiger partial charge in [0.2, 0.25) is 5.91 Å². The van der Waals surface area contributed by atoms with Gasteiger partial charge in [-0.15, -0.1) is 0 Å². The Morgan fingerprint density at radius 3 is 1.55 bits per heavy atom. The number of ether oxygens (including phenoxy) is 1. The molecule has 0 bridgehead atoms. The maximum atomic E-state index is 13.1. The van der Waals surface area contributed by atoms with Crippen LogP contribution >= 0.6 is 0 Å². The first-order valence-corrected chi connectivity index (χ1v) is 23.6. The van der Waals surface area contributed by atoms with Crippen molar-refractivity contribution in [3.8, 4) is 0 Å². The number of aliphatic hydroxyl groups is 2. The molecule has 0 aromatic rings. The molecule has 0 aliphatic rings. The van der Waals surface area contributed by atoms with Crippen molar-refractivity contribution in [2.45, 2.75) is 238 Å². The van der Waals surface area contributed by atoms with Crippen LogP contribution in [0.25, 0.3) is 0 Å². The van der Waals surface area contributed by atoms with Crippen LogP contribution in [-0.2, 0) is 14.3 Å². The highest BCUT2D eigenvalue weighted by atomic mass is 16.5. The van der Waals surface area contributed by atoms with Crippen molar-refractivity contribution < 1.29 is 24.5 Å². The molecular weight excluding hydrogens is 695 g/mol. The number of nitrogens with one attached hydrogen (secondary N) is 1. The van der Waals surface area contributed by atoms with Gasteiger partial charge in [0.1, 0.15) is 6.10 Å². The molecule has 3 N–H and O–H groups in total.